The van der Waals surface area contributed by atoms with Gasteiger partial charge in [0.2, 0.25) is 5.91 Å². The van der Waals surface area contributed by atoms with Gasteiger partial charge in [-0.25, -0.2) is 9.59 Å². The van der Waals surface area contributed by atoms with Crippen LogP contribution in [0.1, 0.15) is 47.5 Å². The molecular weight excluding hydrogens is 298 g/mol. The van der Waals surface area contributed by atoms with Crippen molar-refractivity contribution in [3.63, 3.8) is 0 Å². The van der Waals surface area contributed by atoms with Gasteiger partial charge in [-0.1, -0.05) is 26.8 Å². The second-order valence-corrected chi connectivity index (χ2v) is 7.14. The number of aliphatic carboxylic acids is 1. The number of esters is 1. The summed E-state index contributed by atoms with van der Waals surface area (Å²) < 4.78 is 4.77. The summed E-state index contributed by atoms with van der Waals surface area (Å²) in [6, 6.07) is 0. The Kier molecular flexibility index (Phi) is 8.29. The molecule has 0 atom stereocenters. The first-order valence-electron chi connectivity index (χ1n) is 7.48. The van der Waals surface area contributed by atoms with Crippen LogP contribution < -0.4 is 5.32 Å². The summed E-state index contributed by atoms with van der Waals surface area (Å²) in [6.45, 7) is 10.4. The highest BCUT2D eigenvalue weighted by atomic mass is 16.5. The topological polar surface area (TPSA) is 92.7 Å². The fourth-order valence-corrected chi connectivity index (χ4v) is 2.35. The van der Waals surface area contributed by atoms with Crippen LogP contribution in [0.15, 0.2) is 24.3 Å². The molecule has 23 heavy (non-hydrogen) atoms. The van der Waals surface area contributed by atoms with Crippen molar-refractivity contribution in [2.24, 2.45) is 5.41 Å². The van der Waals surface area contributed by atoms with Crippen LogP contribution in [-0.4, -0.2) is 35.1 Å². The summed E-state index contributed by atoms with van der Waals surface area (Å²) >= 11 is 0. The Balaban J connectivity index is 4.11. The SMILES string of the molecule is CC(C)(C)CC(C)(C)NC(=O)/C=C/CCOC(=O)/C=C\C(=O)O. The molecule has 0 saturated heterocycles. The van der Waals surface area contributed by atoms with E-state index in [-0.39, 0.29) is 23.5 Å². The molecule has 0 spiro atoms. The number of ether oxygens (including phenoxy) is 1. The standard InChI is InChI=1S/C17H27NO5/c1-16(2,3)12-17(4,5)18-13(19)8-6-7-11-23-15(22)10-9-14(20)21/h6,8-10H,7,11-12H2,1-5H3,(H,18,19)(H,20,21)/b8-6+,10-9-. The van der Waals surface area contributed by atoms with E-state index < -0.39 is 11.9 Å². The van der Waals surface area contributed by atoms with Gasteiger partial charge in [0.1, 0.15) is 0 Å². The Morgan fingerprint density at radius 1 is 1.04 bits per heavy atom. The molecule has 1 amide bonds. The van der Waals surface area contributed by atoms with Crippen LogP contribution in [0.3, 0.4) is 0 Å². The van der Waals surface area contributed by atoms with Gasteiger partial charge < -0.3 is 15.2 Å². The van der Waals surface area contributed by atoms with Crippen molar-refractivity contribution in [3.8, 4) is 0 Å². The van der Waals surface area contributed by atoms with E-state index >= 15 is 0 Å². The molecule has 0 aromatic heterocycles. The zero-order valence-corrected chi connectivity index (χ0v) is 14.5. The normalized spacial score (nSPS) is 12.6. The highest BCUT2D eigenvalue weighted by Crippen LogP contribution is 2.26. The minimum atomic E-state index is -1.21. The Labute approximate surface area is 137 Å². The molecule has 6 nitrogen and oxygen atoms in total. The first kappa shape index (κ1) is 20.9. The lowest BCUT2D eigenvalue weighted by atomic mass is 9.82. The first-order valence-corrected chi connectivity index (χ1v) is 7.48. The molecule has 0 unspecified atom stereocenters. The van der Waals surface area contributed by atoms with Gasteiger partial charge in [0.05, 0.1) is 6.61 Å². The van der Waals surface area contributed by atoms with Gasteiger partial charge in [-0.3, -0.25) is 4.79 Å². The lowest BCUT2D eigenvalue weighted by molar-refractivity contribution is -0.138. The van der Waals surface area contributed by atoms with Gasteiger partial charge in [-0.05, 0) is 31.8 Å². The minimum Gasteiger partial charge on any atom is -0.478 e. The molecule has 0 fully saturated rings. The van der Waals surface area contributed by atoms with Gasteiger partial charge in [0, 0.05) is 24.1 Å². The molecular formula is C17H27NO5. The van der Waals surface area contributed by atoms with E-state index in [1.807, 2.05) is 13.8 Å². The molecule has 6 heteroatoms. The van der Waals surface area contributed by atoms with E-state index in [0.717, 1.165) is 12.5 Å². The number of carboxylic acids is 1. The fourth-order valence-electron chi connectivity index (χ4n) is 2.35. The number of carboxylic acid groups (broad SMARTS) is 1. The molecule has 0 heterocycles. The van der Waals surface area contributed by atoms with Crippen LogP contribution in [0.5, 0.6) is 0 Å². The van der Waals surface area contributed by atoms with Gasteiger partial charge in [-0.15, -0.1) is 0 Å². The molecule has 0 aliphatic carbocycles. The maximum absolute atomic E-state index is 11.8. The summed E-state index contributed by atoms with van der Waals surface area (Å²) in [6.07, 6.45) is 5.78. The van der Waals surface area contributed by atoms with Crippen molar-refractivity contribution >= 4 is 17.8 Å². The van der Waals surface area contributed by atoms with Crippen molar-refractivity contribution in [2.75, 3.05) is 6.61 Å². The van der Waals surface area contributed by atoms with Gasteiger partial charge in [-0.2, -0.15) is 0 Å². The fraction of sp³-hybridized carbons (Fsp3) is 0.588. The third-order valence-corrected chi connectivity index (χ3v) is 2.59. The summed E-state index contributed by atoms with van der Waals surface area (Å²) in [4.78, 5) is 33.1. The van der Waals surface area contributed by atoms with Gasteiger partial charge in [0.15, 0.2) is 0 Å². The van der Waals surface area contributed by atoms with Crippen molar-refractivity contribution in [3.05, 3.63) is 24.3 Å². The molecule has 0 radical (unpaired) electrons. The summed E-state index contributed by atoms with van der Waals surface area (Å²) in [7, 11) is 0. The lowest BCUT2D eigenvalue weighted by Crippen LogP contribution is -2.45. The Hall–Kier alpha value is -2.11. The Morgan fingerprint density at radius 3 is 2.17 bits per heavy atom. The predicted octanol–water partition coefficient (Wildman–Crippen LogP) is 2.45. The highest BCUT2D eigenvalue weighted by Gasteiger charge is 2.26. The summed E-state index contributed by atoms with van der Waals surface area (Å²) in [5, 5.41) is 11.3. The van der Waals surface area contributed by atoms with Crippen molar-refractivity contribution in [2.45, 2.75) is 53.0 Å². The zero-order chi connectivity index (χ0) is 18.1. The quantitative estimate of drug-likeness (QED) is 0.406. The van der Waals surface area contributed by atoms with Crippen molar-refractivity contribution in [1.82, 2.24) is 5.32 Å². The van der Waals surface area contributed by atoms with E-state index in [9.17, 15) is 14.4 Å². The number of amides is 1. The second-order valence-electron chi connectivity index (χ2n) is 7.14. The van der Waals surface area contributed by atoms with Crippen molar-refractivity contribution in [1.29, 1.82) is 0 Å². The van der Waals surface area contributed by atoms with Gasteiger partial charge >= 0.3 is 11.9 Å². The lowest BCUT2D eigenvalue weighted by Gasteiger charge is -2.32. The number of carbonyl (C=O) groups excluding carboxylic acids is 2. The number of hydrogen-bond acceptors (Lipinski definition) is 4. The van der Waals surface area contributed by atoms with Crippen LogP contribution in [0.25, 0.3) is 0 Å². The maximum Gasteiger partial charge on any atom is 0.331 e. The van der Waals surface area contributed by atoms with E-state index in [4.69, 9.17) is 9.84 Å². The Morgan fingerprint density at radius 2 is 1.65 bits per heavy atom. The third kappa shape index (κ3) is 13.3. The second kappa shape index (κ2) is 9.12. The average molecular weight is 325 g/mol. The third-order valence-electron chi connectivity index (χ3n) is 2.59. The molecule has 2 N–H and O–H groups in total. The van der Waals surface area contributed by atoms with E-state index in [1.54, 1.807) is 6.08 Å². The number of nitrogens with one attached hydrogen (secondary N) is 1. The first-order chi connectivity index (χ1) is 10.4. The molecule has 0 aliphatic heterocycles. The molecule has 0 rings (SSSR count). The number of carbonyl (C=O) groups is 3. The number of rotatable bonds is 8. The van der Waals surface area contributed by atoms with Gasteiger partial charge in [0.25, 0.3) is 0 Å². The Bertz CT molecular complexity index is 484. The van der Waals surface area contributed by atoms with E-state index in [1.165, 1.54) is 6.08 Å². The number of hydrogen-bond donors (Lipinski definition) is 2. The predicted molar refractivity (Wildman–Crippen MR) is 87.8 cm³/mol. The molecule has 130 valence electrons. The molecule has 0 aromatic rings. The van der Waals surface area contributed by atoms with Crippen LogP contribution in [0.4, 0.5) is 0 Å². The van der Waals surface area contributed by atoms with Crippen LogP contribution in [-0.2, 0) is 19.1 Å². The summed E-state index contributed by atoms with van der Waals surface area (Å²) in [5.74, 6) is -2.13. The minimum absolute atomic E-state index is 0.0813. The van der Waals surface area contributed by atoms with E-state index in [2.05, 4.69) is 26.1 Å². The van der Waals surface area contributed by atoms with Crippen LogP contribution in [0, 0.1) is 5.41 Å². The molecule has 0 aromatic carbocycles. The van der Waals surface area contributed by atoms with E-state index in [0.29, 0.717) is 12.5 Å². The van der Waals surface area contributed by atoms with Crippen LogP contribution in [0.2, 0.25) is 0 Å². The largest absolute Gasteiger partial charge is 0.478 e. The molecule has 0 bridgehead atoms. The summed E-state index contributed by atoms with van der Waals surface area (Å²) in [5.41, 5.74) is -0.202. The maximum atomic E-state index is 11.8. The monoisotopic (exact) mass is 325 g/mol. The molecule has 0 saturated carbocycles. The average Bonchev–Trinajstić information content (AvgIpc) is 2.32. The van der Waals surface area contributed by atoms with Crippen molar-refractivity contribution < 1.29 is 24.2 Å². The highest BCUT2D eigenvalue weighted by molar-refractivity contribution is 5.90. The smallest absolute Gasteiger partial charge is 0.331 e. The molecule has 0 aliphatic rings. The zero-order valence-electron chi connectivity index (χ0n) is 14.5. The van der Waals surface area contributed by atoms with Crippen LogP contribution >= 0.6 is 0 Å².